The summed E-state index contributed by atoms with van der Waals surface area (Å²) in [6, 6.07) is 9.64. The van der Waals surface area contributed by atoms with Crippen LogP contribution in [0.4, 0.5) is 0 Å². The predicted molar refractivity (Wildman–Crippen MR) is 87.6 cm³/mol. The average molecular weight is 434 g/mol. The molecule has 0 saturated heterocycles. The molecule has 5 heteroatoms. The van der Waals surface area contributed by atoms with E-state index in [1.54, 1.807) is 6.07 Å². The van der Waals surface area contributed by atoms with E-state index in [1.165, 1.54) is 0 Å². The summed E-state index contributed by atoms with van der Waals surface area (Å²) in [4.78, 5) is 11.3. The number of rotatable bonds is 3. The van der Waals surface area contributed by atoms with E-state index in [-0.39, 0.29) is 6.04 Å². The second kappa shape index (κ2) is 5.66. The molecular formula is C14H13BrINO2. The third-order valence-electron chi connectivity index (χ3n) is 2.86. The average Bonchev–Trinajstić information content (AvgIpc) is 2.76. The van der Waals surface area contributed by atoms with E-state index in [2.05, 4.69) is 38.5 Å². The maximum absolute atomic E-state index is 11.3. The van der Waals surface area contributed by atoms with Crippen LogP contribution >= 0.6 is 38.5 Å². The molecule has 1 heterocycles. The van der Waals surface area contributed by atoms with Gasteiger partial charge in [-0.05, 0) is 66.8 Å². The van der Waals surface area contributed by atoms with E-state index in [0.717, 1.165) is 19.3 Å². The number of hydrogen-bond donors (Lipinski definition) is 1. The van der Waals surface area contributed by atoms with Crippen molar-refractivity contribution in [1.29, 1.82) is 0 Å². The third kappa shape index (κ3) is 2.86. The molecule has 1 aromatic carbocycles. The first-order chi connectivity index (χ1) is 8.91. The van der Waals surface area contributed by atoms with Crippen molar-refractivity contribution < 1.29 is 9.90 Å². The molecule has 19 heavy (non-hydrogen) atoms. The van der Waals surface area contributed by atoms with Gasteiger partial charge in [-0.1, -0.05) is 15.9 Å². The zero-order valence-electron chi connectivity index (χ0n) is 10.5. The molecule has 0 aliphatic carbocycles. The van der Waals surface area contributed by atoms with Crippen LogP contribution in [-0.2, 0) is 0 Å². The smallest absolute Gasteiger partial charge is 0.352 e. The van der Waals surface area contributed by atoms with Gasteiger partial charge in [-0.3, -0.25) is 0 Å². The normalized spacial score (nSPS) is 11.0. The summed E-state index contributed by atoms with van der Waals surface area (Å²) in [6.07, 6.45) is 0. The molecule has 0 atom stereocenters. The van der Waals surface area contributed by atoms with Crippen LogP contribution in [0.3, 0.4) is 0 Å². The highest BCUT2D eigenvalue weighted by molar-refractivity contribution is 14.1. The van der Waals surface area contributed by atoms with Crippen molar-refractivity contribution in [2.45, 2.75) is 19.9 Å². The van der Waals surface area contributed by atoms with Crippen molar-refractivity contribution in [3.63, 3.8) is 0 Å². The van der Waals surface area contributed by atoms with Crippen molar-refractivity contribution in [3.05, 3.63) is 44.1 Å². The molecular weight excluding hydrogens is 421 g/mol. The zero-order chi connectivity index (χ0) is 14.2. The molecule has 0 amide bonds. The van der Waals surface area contributed by atoms with Gasteiger partial charge in [-0.25, -0.2) is 4.79 Å². The lowest BCUT2D eigenvalue weighted by Gasteiger charge is -2.16. The minimum Gasteiger partial charge on any atom is -0.477 e. The van der Waals surface area contributed by atoms with Crippen molar-refractivity contribution in [2.75, 3.05) is 0 Å². The molecule has 0 bridgehead atoms. The molecule has 0 fully saturated rings. The molecule has 0 aliphatic rings. The molecule has 0 spiro atoms. The molecule has 3 nitrogen and oxygen atoms in total. The molecule has 0 radical (unpaired) electrons. The van der Waals surface area contributed by atoms with Crippen LogP contribution in [0.15, 0.2) is 34.8 Å². The van der Waals surface area contributed by atoms with Crippen molar-refractivity contribution in [3.8, 4) is 11.3 Å². The van der Waals surface area contributed by atoms with Gasteiger partial charge in [0.25, 0.3) is 0 Å². The predicted octanol–water partition coefficient (Wildman–Crippen LogP) is 4.80. The van der Waals surface area contributed by atoms with E-state index in [1.807, 2.05) is 42.7 Å². The molecule has 1 N–H and O–H groups in total. The number of carbonyl (C=O) groups is 1. The highest BCUT2D eigenvalue weighted by Gasteiger charge is 2.18. The molecule has 1 aromatic heterocycles. The van der Waals surface area contributed by atoms with Gasteiger partial charge in [0.2, 0.25) is 0 Å². The summed E-state index contributed by atoms with van der Waals surface area (Å²) in [5.74, 6) is -0.901. The van der Waals surface area contributed by atoms with Crippen LogP contribution in [0.1, 0.15) is 30.4 Å². The highest BCUT2D eigenvalue weighted by atomic mass is 127. The van der Waals surface area contributed by atoms with Gasteiger partial charge in [0.1, 0.15) is 5.69 Å². The van der Waals surface area contributed by atoms with Gasteiger partial charge >= 0.3 is 5.97 Å². The fourth-order valence-corrected chi connectivity index (χ4v) is 3.03. The number of nitrogens with zero attached hydrogens (tertiary/aromatic N) is 1. The quantitative estimate of drug-likeness (QED) is 0.706. The van der Waals surface area contributed by atoms with Crippen molar-refractivity contribution in [1.82, 2.24) is 4.57 Å². The molecule has 0 aliphatic heterocycles. The number of carboxylic acid groups (broad SMARTS) is 1. The Labute approximate surface area is 133 Å². The first-order valence-corrected chi connectivity index (χ1v) is 7.69. The SMILES string of the molecule is CC(C)n1c(C(=O)O)ccc1-c1cc(I)ccc1Br. The number of carboxylic acids is 1. The molecule has 100 valence electrons. The minimum absolute atomic E-state index is 0.0841. The van der Waals surface area contributed by atoms with Gasteiger partial charge in [0, 0.05) is 19.6 Å². The second-order valence-electron chi connectivity index (χ2n) is 4.50. The van der Waals surface area contributed by atoms with E-state index in [9.17, 15) is 9.90 Å². The lowest BCUT2D eigenvalue weighted by atomic mass is 10.1. The highest BCUT2D eigenvalue weighted by Crippen LogP contribution is 2.33. The Balaban J connectivity index is 2.69. The maximum atomic E-state index is 11.3. The van der Waals surface area contributed by atoms with Crippen molar-refractivity contribution >= 4 is 44.5 Å². The summed E-state index contributed by atoms with van der Waals surface area (Å²) in [5.41, 5.74) is 2.24. The van der Waals surface area contributed by atoms with Crippen LogP contribution < -0.4 is 0 Å². The topological polar surface area (TPSA) is 42.2 Å². The van der Waals surface area contributed by atoms with E-state index < -0.39 is 5.97 Å². The number of hydrogen-bond acceptors (Lipinski definition) is 1. The standard InChI is InChI=1S/C14H13BrINO2/c1-8(2)17-12(5-6-13(17)14(18)19)10-7-9(16)3-4-11(10)15/h3-8H,1-2H3,(H,18,19). The lowest BCUT2D eigenvalue weighted by Crippen LogP contribution is -2.11. The van der Waals surface area contributed by atoms with Gasteiger partial charge in [0.15, 0.2) is 0 Å². The summed E-state index contributed by atoms with van der Waals surface area (Å²) in [7, 11) is 0. The van der Waals surface area contributed by atoms with Crippen molar-refractivity contribution in [2.24, 2.45) is 0 Å². The minimum atomic E-state index is -0.901. The van der Waals surface area contributed by atoms with Crippen LogP contribution in [0, 0.1) is 3.57 Å². The summed E-state index contributed by atoms with van der Waals surface area (Å²) < 4.78 is 3.92. The summed E-state index contributed by atoms with van der Waals surface area (Å²) in [6.45, 7) is 3.97. The third-order valence-corrected chi connectivity index (χ3v) is 4.22. The second-order valence-corrected chi connectivity index (χ2v) is 6.60. The number of halogens is 2. The monoisotopic (exact) mass is 433 g/mol. The summed E-state index contributed by atoms with van der Waals surface area (Å²) in [5, 5.41) is 9.26. The van der Waals surface area contributed by atoms with Crippen LogP contribution in [-0.4, -0.2) is 15.6 Å². The lowest BCUT2D eigenvalue weighted by molar-refractivity contribution is 0.0683. The van der Waals surface area contributed by atoms with Gasteiger partial charge in [0.05, 0.1) is 5.69 Å². The largest absolute Gasteiger partial charge is 0.477 e. The van der Waals surface area contributed by atoms with E-state index in [4.69, 9.17) is 0 Å². The van der Waals surface area contributed by atoms with Crippen LogP contribution in [0.5, 0.6) is 0 Å². The van der Waals surface area contributed by atoms with Gasteiger partial charge < -0.3 is 9.67 Å². The number of benzene rings is 1. The van der Waals surface area contributed by atoms with E-state index >= 15 is 0 Å². The molecule has 2 rings (SSSR count). The Morgan fingerprint density at radius 1 is 1.32 bits per heavy atom. The van der Waals surface area contributed by atoms with Crippen LogP contribution in [0.2, 0.25) is 0 Å². The molecule has 0 saturated carbocycles. The van der Waals surface area contributed by atoms with Gasteiger partial charge in [-0.15, -0.1) is 0 Å². The first-order valence-electron chi connectivity index (χ1n) is 5.81. The summed E-state index contributed by atoms with van der Waals surface area (Å²) >= 11 is 5.78. The van der Waals surface area contributed by atoms with E-state index in [0.29, 0.717) is 5.69 Å². The van der Waals surface area contributed by atoms with Gasteiger partial charge in [-0.2, -0.15) is 0 Å². The fourth-order valence-electron chi connectivity index (χ4n) is 2.09. The number of aromatic carboxylic acids is 1. The number of aromatic nitrogens is 1. The Morgan fingerprint density at radius 2 is 2.00 bits per heavy atom. The maximum Gasteiger partial charge on any atom is 0.352 e. The Bertz CT molecular complexity index is 634. The fraction of sp³-hybridized carbons (Fsp3) is 0.214. The zero-order valence-corrected chi connectivity index (χ0v) is 14.3. The first kappa shape index (κ1) is 14.6. The Hall–Kier alpha value is -0.820. The Kier molecular flexibility index (Phi) is 4.35. The molecule has 0 unspecified atom stereocenters. The van der Waals surface area contributed by atoms with Crippen LogP contribution in [0.25, 0.3) is 11.3 Å². The molecule has 2 aromatic rings. The Morgan fingerprint density at radius 3 is 2.58 bits per heavy atom.